The van der Waals surface area contributed by atoms with Gasteiger partial charge in [0.25, 0.3) is 0 Å². The zero-order valence-electron chi connectivity index (χ0n) is 8.24. The summed E-state index contributed by atoms with van der Waals surface area (Å²) in [4.78, 5) is 0. The van der Waals surface area contributed by atoms with E-state index in [0.717, 1.165) is 13.0 Å². The molecule has 2 nitrogen and oxygen atoms in total. The number of aliphatic hydroxyl groups excluding tert-OH is 1. The highest BCUT2D eigenvalue weighted by atomic mass is 16.5. The van der Waals surface area contributed by atoms with E-state index in [1.165, 1.54) is 38.5 Å². The summed E-state index contributed by atoms with van der Waals surface area (Å²) in [7, 11) is 0. The molecule has 2 fully saturated rings. The minimum atomic E-state index is 0.0181. The molecule has 2 rings (SSSR count). The average molecular weight is 184 g/mol. The quantitative estimate of drug-likeness (QED) is 0.725. The second kappa shape index (κ2) is 4.43. The predicted octanol–water partition coefficient (Wildman–Crippen LogP) is 2.11. The maximum Gasteiger partial charge on any atom is 0.0576 e. The highest BCUT2D eigenvalue weighted by molar-refractivity contribution is 4.80. The molecular weight excluding hydrogens is 164 g/mol. The van der Waals surface area contributed by atoms with E-state index in [0.29, 0.717) is 12.0 Å². The minimum Gasteiger partial charge on any atom is -0.393 e. The van der Waals surface area contributed by atoms with Crippen LogP contribution in [0.1, 0.15) is 44.9 Å². The molecule has 1 aliphatic heterocycles. The summed E-state index contributed by atoms with van der Waals surface area (Å²) >= 11 is 0. The van der Waals surface area contributed by atoms with Crippen molar-refractivity contribution in [2.45, 2.75) is 57.2 Å². The molecule has 1 heterocycles. The highest BCUT2D eigenvalue weighted by Gasteiger charge is 2.28. The maximum atomic E-state index is 9.37. The Morgan fingerprint density at radius 3 is 2.62 bits per heavy atom. The highest BCUT2D eigenvalue weighted by Crippen LogP contribution is 2.32. The molecule has 1 saturated carbocycles. The molecular formula is C11H20O2. The van der Waals surface area contributed by atoms with Gasteiger partial charge in [-0.1, -0.05) is 6.42 Å². The SMILES string of the molecule is OC1CCC1CCCC1CCCO1. The summed E-state index contributed by atoms with van der Waals surface area (Å²) in [6.45, 7) is 0.969. The smallest absolute Gasteiger partial charge is 0.0576 e. The van der Waals surface area contributed by atoms with Crippen LogP contribution < -0.4 is 0 Å². The maximum absolute atomic E-state index is 9.37. The van der Waals surface area contributed by atoms with E-state index in [9.17, 15) is 5.11 Å². The second-order valence-corrected chi connectivity index (χ2v) is 4.47. The molecule has 0 spiro atoms. The third kappa shape index (κ3) is 2.44. The summed E-state index contributed by atoms with van der Waals surface area (Å²) in [6.07, 6.45) is 9.00. The van der Waals surface area contributed by atoms with Crippen LogP contribution in [0.15, 0.2) is 0 Å². The van der Waals surface area contributed by atoms with Crippen LogP contribution in [0.5, 0.6) is 0 Å². The van der Waals surface area contributed by atoms with Crippen molar-refractivity contribution in [3.8, 4) is 0 Å². The summed E-state index contributed by atoms with van der Waals surface area (Å²) in [5, 5.41) is 9.37. The molecule has 0 amide bonds. The molecule has 1 saturated heterocycles. The summed E-state index contributed by atoms with van der Waals surface area (Å²) < 4.78 is 5.55. The first-order chi connectivity index (χ1) is 6.36. The second-order valence-electron chi connectivity index (χ2n) is 4.47. The molecule has 2 heteroatoms. The fourth-order valence-corrected chi connectivity index (χ4v) is 2.37. The number of ether oxygens (including phenoxy) is 1. The van der Waals surface area contributed by atoms with Crippen molar-refractivity contribution in [3.05, 3.63) is 0 Å². The largest absolute Gasteiger partial charge is 0.393 e. The molecule has 0 aromatic rings. The Kier molecular flexibility index (Phi) is 3.23. The lowest BCUT2D eigenvalue weighted by Gasteiger charge is -2.32. The van der Waals surface area contributed by atoms with Crippen molar-refractivity contribution in [3.63, 3.8) is 0 Å². The number of hydrogen-bond donors (Lipinski definition) is 1. The molecule has 1 aliphatic carbocycles. The summed E-state index contributed by atoms with van der Waals surface area (Å²) in [6, 6.07) is 0. The average Bonchev–Trinajstić information content (AvgIpc) is 2.62. The van der Waals surface area contributed by atoms with Crippen LogP contribution in [0.25, 0.3) is 0 Å². The fourth-order valence-electron chi connectivity index (χ4n) is 2.37. The van der Waals surface area contributed by atoms with Gasteiger partial charge in [-0.3, -0.25) is 0 Å². The third-order valence-electron chi connectivity index (χ3n) is 3.50. The Labute approximate surface area is 80.3 Å². The molecule has 0 bridgehead atoms. The first-order valence-corrected chi connectivity index (χ1v) is 5.66. The topological polar surface area (TPSA) is 29.5 Å². The normalized spacial score (nSPS) is 39.0. The van der Waals surface area contributed by atoms with Crippen molar-refractivity contribution < 1.29 is 9.84 Å². The summed E-state index contributed by atoms with van der Waals surface area (Å²) in [5.41, 5.74) is 0. The van der Waals surface area contributed by atoms with E-state index >= 15 is 0 Å². The van der Waals surface area contributed by atoms with E-state index < -0.39 is 0 Å². The van der Waals surface area contributed by atoms with Crippen molar-refractivity contribution in [1.82, 2.24) is 0 Å². The number of hydrogen-bond acceptors (Lipinski definition) is 2. The van der Waals surface area contributed by atoms with Crippen LogP contribution in [0.2, 0.25) is 0 Å². The van der Waals surface area contributed by atoms with E-state index in [1.807, 2.05) is 0 Å². The van der Waals surface area contributed by atoms with Crippen molar-refractivity contribution >= 4 is 0 Å². The van der Waals surface area contributed by atoms with Gasteiger partial charge in [-0.05, 0) is 44.4 Å². The van der Waals surface area contributed by atoms with Crippen molar-refractivity contribution in [2.75, 3.05) is 6.61 Å². The Balaban J connectivity index is 1.53. The molecule has 2 aliphatic rings. The molecule has 76 valence electrons. The molecule has 13 heavy (non-hydrogen) atoms. The number of aliphatic hydroxyl groups is 1. The first-order valence-electron chi connectivity index (χ1n) is 5.66. The lowest BCUT2D eigenvalue weighted by molar-refractivity contribution is 0.0152. The van der Waals surface area contributed by atoms with E-state index in [1.54, 1.807) is 0 Å². The lowest BCUT2D eigenvalue weighted by Crippen LogP contribution is -2.31. The van der Waals surface area contributed by atoms with E-state index in [-0.39, 0.29) is 6.10 Å². The van der Waals surface area contributed by atoms with Gasteiger partial charge in [0.05, 0.1) is 12.2 Å². The fraction of sp³-hybridized carbons (Fsp3) is 1.00. The Morgan fingerprint density at radius 1 is 1.15 bits per heavy atom. The minimum absolute atomic E-state index is 0.0181. The van der Waals surface area contributed by atoms with Gasteiger partial charge in [-0.25, -0.2) is 0 Å². The standard InChI is InChI=1S/C11H20O2/c12-11-7-6-9(11)3-1-4-10-5-2-8-13-10/h9-12H,1-8H2. The lowest BCUT2D eigenvalue weighted by atomic mass is 9.78. The molecule has 0 aromatic carbocycles. The van der Waals surface area contributed by atoms with Gasteiger partial charge in [0.15, 0.2) is 0 Å². The first kappa shape index (κ1) is 9.47. The van der Waals surface area contributed by atoms with Gasteiger partial charge >= 0.3 is 0 Å². The predicted molar refractivity (Wildman–Crippen MR) is 51.6 cm³/mol. The summed E-state index contributed by atoms with van der Waals surface area (Å²) in [5.74, 6) is 0.612. The molecule has 0 aromatic heterocycles. The monoisotopic (exact) mass is 184 g/mol. The van der Waals surface area contributed by atoms with Gasteiger partial charge in [0.2, 0.25) is 0 Å². The zero-order valence-corrected chi connectivity index (χ0v) is 8.24. The van der Waals surface area contributed by atoms with Crippen molar-refractivity contribution in [1.29, 1.82) is 0 Å². The van der Waals surface area contributed by atoms with Gasteiger partial charge < -0.3 is 9.84 Å². The van der Waals surface area contributed by atoms with Gasteiger partial charge in [0.1, 0.15) is 0 Å². The van der Waals surface area contributed by atoms with Crippen LogP contribution in [-0.4, -0.2) is 23.9 Å². The van der Waals surface area contributed by atoms with Crippen LogP contribution in [0, 0.1) is 5.92 Å². The van der Waals surface area contributed by atoms with Gasteiger partial charge in [-0.15, -0.1) is 0 Å². The molecule has 0 radical (unpaired) electrons. The third-order valence-corrected chi connectivity index (χ3v) is 3.50. The number of rotatable bonds is 4. The van der Waals surface area contributed by atoms with Crippen molar-refractivity contribution in [2.24, 2.45) is 5.92 Å². The van der Waals surface area contributed by atoms with E-state index in [2.05, 4.69) is 0 Å². The van der Waals surface area contributed by atoms with E-state index in [4.69, 9.17) is 4.74 Å². The Bertz CT molecular complexity index is 150. The van der Waals surface area contributed by atoms with Gasteiger partial charge in [0, 0.05) is 6.61 Å². The zero-order chi connectivity index (χ0) is 9.10. The molecule has 1 N–H and O–H groups in total. The Hall–Kier alpha value is -0.0800. The van der Waals surface area contributed by atoms with Crippen LogP contribution in [0.4, 0.5) is 0 Å². The molecule has 3 unspecified atom stereocenters. The van der Waals surface area contributed by atoms with Gasteiger partial charge in [-0.2, -0.15) is 0 Å². The van der Waals surface area contributed by atoms with Crippen LogP contribution >= 0.6 is 0 Å². The molecule has 3 atom stereocenters. The Morgan fingerprint density at radius 2 is 2.08 bits per heavy atom. The van der Waals surface area contributed by atoms with Crippen LogP contribution in [0.3, 0.4) is 0 Å². The van der Waals surface area contributed by atoms with Crippen LogP contribution in [-0.2, 0) is 4.74 Å².